The Balaban J connectivity index is 1.97. The molecule has 1 atom stereocenters. The Morgan fingerprint density at radius 3 is 2.44 bits per heavy atom. The second-order valence-electron chi connectivity index (χ2n) is 5.89. The third kappa shape index (κ3) is 3.02. The molecule has 1 unspecified atom stereocenters. The molecule has 0 spiro atoms. The van der Waals surface area contributed by atoms with Gasteiger partial charge in [-0.3, -0.25) is 4.98 Å². The van der Waals surface area contributed by atoms with Crippen LogP contribution in [0.1, 0.15) is 17.2 Å². The van der Waals surface area contributed by atoms with Gasteiger partial charge in [0.2, 0.25) is 0 Å². The molecule has 0 bridgehead atoms. The van der Waals surface area contributed by atoms with Gasteiger partial charge in [0, 0.05) is 41.6 Å². The molecule has 0 saturated heterocycles. The number of methoxy groups -OCH3 is 1. The fraction of sp³-hybridized carbons (Fsp3) is 0.0909. The molecular formula is C22H18N2O. The number of benzene rings is 2. The number of hydrogen-bond donors (Lipinski definition) is 0. The largest absolute Gasteiger partial charge is 0.372 e. The number of aromatic nitrogens is 2. The standard InChI is InChI=1S/C22H18N2O/c1-25-22(18-11-7-13-23-15-18)19-14-17-10-5-6-12-20(17)24-21(19)16-8-3-2-4-9-16/h2-15,22H,1H3. The maximum absolute atomic E-state index is 5.85. The van der Waals surface area contributed by atoms with Crippen LogP contribution < -0.4 is 0 Å². The second-order valence-corrected chi connectivity index (χ2v) is 5.89. The van der Waals surface area contributed by atoms with Gasteiger partial charge >= 0.3 is 0 Å². The van der Waals surface area contributed by atoms with E-state index in [1.165, 1.54) is 0 Å². The molecule has 4 aromatic rings. The van der Waals surface area contributed by atoms with Crippen molar-refractivity contribution in [2.75, 3.05) is 7.11 Å². The third-order valence-electron chi connectivity index (χ3n) is 4.31. The van der Waals surface area contributed by atoms with Crippen LogP contribution in [0.25, 0.3) is 22.2 Å². The van der Waals surface area contributed by atoms with Gasteiger partial charge in [0.25, 0.3) is 0 Å². The number of pyridine rings is 2. The molecule has 0 aliphatic rings. The summed E-state index contributed by atoms with van der Waals surface area (Å²) in [6, 6.07) is 24.5. The zero-order chi connectivity index (χ0) is 17.1. The van der Waals surface area contributed by atoms with Gasteiger partial charge in [0.15, 0.2) is 0 Å². The van der Waals surface area contributed by atoms with Gasteiger partial charge in [-0.2, -0.15) is 0 Å². The van der Waals surface area contributed by atoms with Crippen molar-refractivity contribution < 1.29 is 4.74 Å². The fourth-order valence-electron chi connectivity index (χ4n) is 3.13. The van der Waals surface area contributed by atoms with Crippen LogP contribution in [0.5, 0.6) is 0 Å². The van der Waals surface area contributed by atoms with Crippen LogP contribution in [-0.4, -0.2) is 17.1 Å². The van der Waals surface area contributed by atoms with Crippen molar-refractivity contribution in [1.82, 2.24) is 9.97 Å². The van der Waals surface area contributed by atoms with E-state index in [0.717, 1.165) is 33.3 Å². The van der Waals surface area contributed by atoms with Crippen molar-refractivity contribution in [3.8, 4) is 11.3 Å². The number of rotatable bonds is 4. The highest BCUT2D eigenvalue weighted by Gasteiger charge is 2.20. The van der Waals surface area contributed by atoms with E-state index in [1.54, 1.807) is 13.3 Å². The van der Waals surface area contributed by atoms with Gasteiger partial charge in [-0.1, -0.05) is 54.6 Å². The SMILES string of the molecule is COC(c1cccnc1)c1cc2ccccc2nc1-c1ccccc1. The Hall–Kier alpha value is -3.04. The normalized spacial score (nSPS) is 12.2. The van der Waals surface area contributed by atoms with Crippen LogP contribution in [0.2, 0.25) is 0 Å². The quantitative estimate of drug-likeness (QED) is 0.527. The van der Waals surface area contributed by atoms with Crippen LogP contribution in [0.4, 0.5) is 0 Å². The van der Waals surface area contributed by atoms with E-state index >= 15 is 0 Å². The van der Waals surface area contributed by atoms with Gasteiger partial charge < -0.3 is 4.74 Å². The van der Waals surface area contributed by atoms with Crippen molar-refractivity contribution in [3.05, 3.63) is 96.3 Å². The lowest BCUT2D eigenvalue weighted by molar-refractivity contribution is 0.136. The molecule has 25 heavy (non-hydrogen) atoms. The Bertz CT molecular complexity index is 984. The molecule has 0 fully saturated rings. The minimum absolute atomic E-state index is 0.221. The number of nitrogens with zero attached hydrogens (tertiary/aromatic N) is 2. The molecule has 122 valence electrons. The van der Waals surface area contributed by atoms with Gasteiger partial charge in [-0.25, -0.2) is 4.98 Å². The van der Waals surface area contributed by atoms with Crippen molar-refractivity contribution >= 4 is 10.9 Å². The summed E-state index contributed by atoms with van der Waals surface area (Å²) >= 11 is 0. The van der Waals surface area contributed by atoms with Crippen molar-refractivity contribution in [3.63, 3.8) is 0 Å². The number of ether oxygens (including phenoxy) is 1. The summed E-state index contributed by atoms with van der Waals surface area (Å²) in [5, 5.41) is 1.10. The predicted molar refractivity (Wildman–Crippen MR) is 100 cm³/mol. The van der Waals surface area contributed by atoms with Gasteiger partial charge in [0.1, 0.15) is 6.10 Å². The van der Waals surface area contributed by atoms with E-state index in [4.69, 9.17) is 9.72 Å². The monoisotopic (exact) mass is 326 g/mol. The first-order valence-electron chi connectivity index (χ1n) is 8.24. The summed E-state index contributed by atoms with van der Waals surface area (Å²) < 4.78 is 5.85. The molecule has 0 radical (unpaired) electrons. The molecule has 0 amide bonds. The van der Waals surface area contributed by atoms with E-state index in [-0.39, 0.29) is 6.10 Å². The lowest BCUT2D eigenvalue weighted by Crippen LogP contribution is -2.07. The number of fused-ring (bicyclic) bond motifs is 1. The first-order valence-corrected chi connectivity index (χ1v) is 8.24. The maximum atomic E-state index is 5.85. The van der Waals surface area contributed by atoms with Crippen LogP contribution in [0, 0.1) is 0 Å². The summed E-state index contributed by atoms with van der Waals surface area (Å²) in [5.41, 5.74) is 5.05. The average Bonchev–Trinajstić information content (AvgIpc) is 2.69. The maximum Gasteiger partial charge on any atom is 0.111 e. The van der Waals surface area contributed by atoms with Crippen LogP contribution in [0.3, 0.4) is 0 Å². The smallest absolute Gasteiger partial charge is 0.111 e. The number of para-hydroxylation sites is 1. The van der Waals surface area contributed by atoms with E-state index in [2.05, 4.69) is 29.2 Å². The highest BCUT2D eigenvalue weighted by Crippen LogP contribution is 2.34. The fourth-order valence-corrected chi connectivity index (χ4v) is 3.13. The summed E-state index contributed by atoms with van der Waals surface area (Å²) in [6.07, 6.45) is 3.39. The molecule has 0 N–H and O–H groups in total. The second kappa shape index (κ2) is 6.83. The molecule has 0 saturated carbocycles. The van der Waals surface area contributed by atoms with Gasteiger partial charge in [-0.15, -0.1) is 0 Å². The van der Waals surface area contributed by atoms with Crippen molar-refractivity contribution in [2.45, 2.75) is 6.10 Å². The zero-order valence-corrected chi connectivity index (χ0v) is 14.0. The van der Waals surface area contributed by atoms with Crippen molar-refractivity contribution in [1.29, 1.82) is 0 Å². The summed E-state index contributed by atoms with van der Waals surface area (Å²) in [4.78, 5) is 9.18. The summed E-state index contributed by atoms with van der Waals surface area (Å²) in [7, 11) is 1.72. The van der Waals surface area contributed by atoms with Gasteiger partial charge in [-0.05, 0) is 18.2 Å². The minimum atomic E-state index is -0.221. The Kier molecular flexibility index (Phi) is 4.23. The molecular weight excluding hydrogens is 308 g/mol. The average molecular weight is 326 g/mol. The van der Waals surface area contributed by atoms with Gasteiger partial charge in [0.05, 0.1) is 11.2 Å². The molecule has 3 nitrogen and oxygen atoms in total. The summed E-state index contributed by atoms with van der Waals surface area (Å²) in [5.74, 6) is 0. The molecule has 0 aliphatic carbocycles. The topological polar surface area (TPSA) is 35.0 Å². The Morgan fingerprint density at radius 1 is 0.880 bits per heavy atom. The lowest BCUT2D eigenvalue weighted by Gasteiger charge is -2.20. The zero-order valence-electron chi connectivity index (χ0n) is 14.0. The Morgan fingerprint density at radius 2 is 1.68 bits per heavy atom. The molecule has 0 aliphatic heterocycles. The van der Waals surface area contributed by atoms with E-state index in [1.807, 2.05) is 54.7 Å². The molecule has 2 heterocycles. The first kappa shape index (κ1) is 15.5. The first-order chi connectivity index (χ1) is 12.4. The lowest BCUT2D eigenvalue weighted by atomic mass is 9.96. The molecule has 4 rings (SSSR count). The Labute approximate surface area is 147 Å². The molecule has 3 heteroatoms. The van der Waals surface area contributed by atoms with Crippen LogP contribution in [-0.2, 0) is 4.74 Å². The number of hydrogen-bond acceptors (Lipinski definition) is 3. The highest BCUT2D eigenvalue weighted by molar-refractivity contribution is 5.83. The molecule has 2 aromatic carbocycles. The summed E-state index contributed by atoms with van der Waals surface area (Å²) in [6.45, 7) is 0. The van der Waals surface area contributed by atoms with Crippen LogP contribution in [0.15, 0.2) is 85.2 Å². The highest BCUT2D eigenvalue weighted by atomic mass is 16.5. The third-order valence-corrected chi connectivity index (χ3v) is 4.31. The molecule has 2 aromatic heterocycles. The predicted octanol–water partition coefficient (Wildman–Crippen LogP) is 5.03. The van der Waals surface area contributed by atoms with Crippen LogP contribution >= 0.6 is 0 Å². The van der Waals surface area contributed by atoms with E-state index < -0.39 is 0 Å². The van der Waals surface area contributed by atoms with Crippen molar-refractivity contribution in [2.24, 2.45) is 0 Å². The minimum Gasteiger partial charge on any atom is -0.372 e. The van der Waals surface area contributed by atoms with E-state index in [9.17, 15) is 0 Å². The van der Waals surface area contributed by atoms with E-state index in [0.29, 0.717) is 0 Å².